The number of aromatic nitrogens is 1. The SMILES string of the molecule is Cc1[nH+]c(N)ccc1[N+](=O)[O-]. The van der Waals surface area contributed by atoms with Crippen LogP contribution in [0.5, 0.6) is 0 Å². The van der Waals surface area contributed by atoms with Crippen molar-refractivity contribution in [3.05, 3.63) is 27.9 Å². The molecule has 0 bridgehead atoms. The van der Waals surface area contributed by atoms with Gasteiger partial charge in [-0.2, -0.15) is 0 Å². The molecule has 5 heteroatoms. The van der Waals surface area contributed by atoms with Crippen molar-refractivity contribution >= 4 is 11.5 Å². The molecule has 1 aromatic rings. The molecule has 0 fully saturated rings. The van der Waals surface area contributed by atoms with E-state index in [0.29, 0.717) is 11.5 Å². The maximum atomic E-state index is 10.3. The van der Waals surface area contributed by atoms with Crippen LogP contribution in [0.15, 0.2) is 12.1 Å². The summed E-state index contributed by atoms with van der Waals surface area (Å²) < 4.78 is 0. The zero-order valence-corrected chi connectivity index (χ0v) is 6.00. The Hall–Kier alpha value is -1.65. The molecule has 1 rings (SSSR count). The summed E-state index contributed by atoms with van der Waals surface area (Å²) in [5.41, 5.74) is 5.87. The number of H-pyrrole nitrogens is 1. The van der Waals surface area contributed by atoms with Gasteiger partial charge in [0.05, 0.1) is 4.92 Å². The Morgan fingerprint density at radius 1 is 1.64 bits per heavy atom. The van der Waals surface area contributed by atoms with Crippen LogP contribution in [0.4, 0.5) is 11.5 Å². The third-order valence-corrected chi connectivity index (χ3v) is 1.33. The van der Waals surface area contributed by atoms with Crippen molar-refractivity contribution in [3.8, 4) is 0 Å². The first-order valence-corrected chi connectivity index (χ1v) is 3.04. The molecular formula is C6H8N3O2+. The topological polar surface area (TPSA) is 83.3 Å². The molecule has 0 aliphatic carbocycles. The maximum absolute atomic E-state index is 10.3. The van der Waals surface area contributed by atoms with E-state index in [1.165, 1.54) is 12.1 Å². The van der Waals surface area contributed by atoms with Gasteiger partial charge in [-0.3, -0.25) is 15.8 Å². The molecule has 0 unspecified atom stereocenters. The van der Waals surface area contributed by atoms with Gasteiger partial charge in [0.15, 0.2) is 5.69 Å². The zero-order valence-electron chi connectivity index (χ0n) is 6.00. The highest BCUT2D eigenvalue weighted by Gasteiger charge is 2.12. The van der Waals surface area contributed by atoms with Crippen molar-refractivity contribution in [1.29, 1.82) is 0 Å². The first-order chi connectivity index (χ1) is 5.11. The number of aryl methyl sites for hydroxylation is 1. The molecule has 11 heavy (non-hydrogen) atoms. The summed E-state index contributed by atoms with van der Waals surface area (Å²) in [5.74, 6) is 0.424. The molecule has 0 saturated heterocycles. The number of rotatable bonds is 1. The second-order valence-electron chi connectivity index (χ2n) is 2.18. The maximum Gasteiger partial charge on any atom is 0.311 e. The Balaban J connectivity index is 3.20. The van der Waals surface area contributed by atoms with E-state index in [4.69, 9.17) is 5.73 Å². The van der Waals surface area contributed by atoms with Crippen molar-refractivity contribution in [3.63, 3.8) is 0 Å². The number of hydrogen-bond donors (Lipinski definition) is 1. The van der Waals surface area contributed by atoms with Crippen molar-refractivity contribution in [2.24, 2.45) is 0 Å². The van der Waals surface area contributed by atoms with Gasteiger partial charge in [-0.1, -0.05) is 0 Å². The van der Waals surface area contributed by atoms with Crippen molar-refractivity contribution < 1.29 is 9.91 Å². The first-order valence-electron chi connectivity index (χ1n) is 3.04. The summed E-state index contributed by atoms with van der Waals surface area (Å²) in [6, 6.07) is 2.84. The summed E-state index contributed by atoms with van der Waals surface area (Å²) in [5, 5.41) is 10.3. The van der Waals surface area contributed by atoms with E-state index in [1.807, 2.05) is 0 Å². The van der Waals surface area contributed by atoms with Crippen molar-refractivity contribution in [1.82, 2.24) is 0 Å². The molecule has 5 nitrogen and oxygen atoms in total. The number of nitrogens with zero attached hydrogens (tertiary/aromatic N) is 1. The molecular weight excluding hydrogens is 146 g/mol. The number of pyridine rings is 1. The monoisotopic (exact) mass is 154 g/mol. The summed E-state index contributed by atoms with van der Waals surface area (Å²) >= 11 is 0. The van der Waals surface area contributed by atoms with Gasteiger partial charge in [0.1, 0.15) is 0 Å². The Kier molecular flexibility index (Phi) is 1.72. The van der Waals surface area contributed by atoms with Crippen LogP contribution in [-0.4, -0.2) is 4.92 Å². The number of nitrogens with one attached hydrogen (secondary N) is 1. The van der Waals surface area contributed by atoms with Crippen LogP contribution in [0, 0.1) is 17.0 Å². The molecule has 0 aliphatic rings. The number of nitro groups is 1. The van der Waals surface area contributed by atoms with Crippen molar-refractivity contribution in [2.75, 3.05) is 5.73 Å². The minimum absolute atomic E-state index is 0.0548. The van der Waals surface area contributed by atoms with Crippen LogP contribution in [0.2, 0.25) is 0 Å². The van der Waals surface area contributed by atoms with Crippen molar-refractivity contribution in [2.45, 2.75) is 6.92 Å². The van der Waals surface area contributed by atoms with E-state index in [0.717, 1.165) is 0 Å². The number of nitrogens with two attached hydrogens (primary N) is 1. The molecule has 58 valence electrons. The average Bonchev–Trinajstić information content (AvgIpc) is 1.85. The zero-order chi connectivity index (χ0) is 8.43. The summed E-state index contributed by atoms with van der Waals surface area (Å²) in [6.45, 7) is 1.61. The minimum atomic E-state index is -0.453. The highest BCUT2D eigenvalue weighted by Crippen LogP contribution is 2.12. The Morgan fingerprint density at radius 3 is 2.73 bits per heavy atom. The van der Waals surface area contributed by atoms with Crippen LogP contribution in [-0.2, 0) is 0 Å². The summed E-state index contributed by atoms with van der Waals surface area (Å²) in [6.07, 6.45) is 0. The van der Waals surface area contributed by atoms with Gasteiger partial charge >= 0.3 is 5.69 Å². The Bertz CT molecular complexity index is 298. The van der Waals surface area contributed by atoms with Gasteiger partial charge in [0.25, 0.3) is 5.82 Å². The van der Waals surface area contributed by atoms with Crippen LogP contribution < -0.4 is 10.7 Å². The lowest BCUT2D eigenvalue weighted by atomic mass is 10.3. The number of anilines is 1. The van der Waals surface area contributed by atoms with E-state index < -0.39 is 4.92 Å². The van der Waals surface area contributed by atoms with E-state index in [1.54, 1.807) is 6.92 Å². The third-order valence-electron chi connectivity index (χ3n) is 1.33. The number of nitrogen functional groups attached to an aromatic ring is 1. The highest BCUT2D eigenvalue weighted by atomic mass is 16.6. The molecule has 3 N–H and O–H groups in total. The number of aromatic amines is 1. The standard InChI is InChI=1S/C6H7N3O2/c1-4-5(9(10)11)2-3-6(7)8-4/h2-3H,1H3,(H2,7,8)/p+1. The molecule has 0 spiro atoms. The average molecular weight is 154 g/mol. The molecule has 1 heterocycles. The van der Waals surface area contributed by atoms with Gasteiger partial charge in [0, 0.05) is 19.1 Å². The first kappa shape index (κ1) is 7.46. The second-order valence-corrected chi connectivity index (χ2v) is 2.18. The molecule has 1 aromatic heterocycles. The largest absolute Gasteiger partial charge is 0.311 e. The molecule has 0 aromatic carbocycles. The van der Waals surface area contributed by atoms with E-state index in [9.17, 15) is 10.1 Å². The third kappa shape index (κ3) is 1.43. The lowest BCUT2D eigenvalue weighted by Crippen LogP contribution is -2.15. The minimum Gasteiger partial charge on any atom is -0.287 e. The van der Waals surface area contributed by atoms with Crippen LogP contribution >= 0.6 is 0 Å². The normalized spacial score (nSPS) is 9.55. The molecule has 0 atom stereocenters. The van der Waals surface area contributed by atoms with Gasteiger partial charge in [-0.05, 0) is 0 Å². The highest BCUT2D eigenvalue weighted by molar-refractivity contribution is 5.35. The van der Waals surface area contributed by atoms with Crippen LogP contribution in [0.3, 0.4) is 0 Å². The van der Waals surface area contributed by atoms with E-state index >= 15 is 0 Å². The van der Waals surface area contributed by atoms with Gasteiger partial charge in [-0.15, -0.1) is 0 Å². The Labute approximate surface area is 63.0 Å². The lowest BCUT2D eigenvalue weighted by Gasteiger charge is -1.92. The second kappa shape index (κ2) is 2.53. The molecule has 0 aliphatic heterocycles. The van der Waals surface area contributed by atoms with E-state index in [2.05, 4.69) is 4.98 Å². The van der Waals surface area contributed by atoms with E-state index in [-0.39, 0.29) is 5.69 Å². The lowest BCUT2D eigenvalue weighted by molar-refractivity contribution is -0.418. The Morgan fingerprint density at radius 2 is 2.27 bits per heavy atom. The molecule has 0 amide bonds. The fourth-order valence-electron chi connectivity index (χ4n) is 0.814. The van der Waals surface area contributed by atoms with Crippen LogP contribution in [0.25, 0.3) is 0 Å². The van der Waals surface area contributed by atoms with Gasteiger partial charge < -0.3 is 0 Å². The van der Waals surface area contributed by atoms with Gasteiger partial charge in [-0.25, -0.2) is 4.98 Å². The van der Waals surface area contributed by atoms with Gasteiger partial charge in [0.2, 0.25) is 0 Å². The smallest absolute Gasteiger partial charge is 0.287 e. The fraction of sp³-hybridized carbons (Fsp3) is 0.167. The molecule has 0 saturated carbocycles. The fourth-order valence-corrected chi connectivity index (χ4v) is 0.814. The summed E-state index contributed by atoms with van der Waals surface area (Å²) in [4.78, 5) is 12.5. The summed E-state index contributed by atoms with van der Waals surface area (Å²) in [7, 11) is 0. The predicted molar refractivity (Wildman–Crippen MR) is 38.8 cm³/mol. The molecule has 0 radical (unpaired) electrons. The predicted octanol–water partition coefficient (Wildman–Crippen LogP) is 0.300. The quantitative estimate of drug-likeness (QED) is 0.466. The van der Waals surface area contributed by atoms with Crippen LogP contribution in [0.1, 0.15) is 5.69 Å². The number of hydrogen-bond acceptors (Lipinski definition) is 3.